The summed E-state index contributed by atoms with van der Waals surface area (Å²) in [4.78, 5) is 12.5. The maximum Gasteiger partial charge on any atom is 0.258 e. The highest BCUT2D eigenvalue weighted by atomic mass is 35.5. The second-order valence-electron chi connectivity index (χ2n) is 5.12. The summed E-state index contributed by atoms with van der Waals surface area (Å²) in [6.45, 7) is 1.84. The van der Waals surface area contributed by atoms with E-state index in [1.54, 1.807) is 41.1 Å². The van der Waals surface area contributed by atoms with E-state index < -0.39 is 0 Å². The molecule has 122 valence electrons. The fourth-order valence-corrected chi connectivity index (χ4v) is 2.83. The van der Waals surface area contributed by atoms with E-state index in [2.05, 4.69) is 10.4 Å². The Kier molecular flexibility index (Phi) is 4.81. The number of nitrogens with zero attached hydrogens (tertiary/aromatic N) is 2. The summed E-state index contributed by atoms with van der Waals surface area (Å²) in [6, 6.07) is 13.9. The third kappa shape index (κ3) is 3.41. The Hall–Kier alpha value is -2.01. The van der Waals surface area contributed by atoms with Crippen LogP contribution in [0.4, 0.5) is 5.82 Å². The average molecular weight is 381 g/mol. The number of amides is 1. The minimum absolute atomic E-state index is 0.210. The summed E-state index contributed by atoms with van der Waals surface area (Å²) in [7, 11) is 0. The second kappa shape index (κ2) is 6.85. The summed E-state index contributed by atoms with van der Waals surface area (Å²) < 4.78 is 1.61. The molecular formula is C17H12Cl3N3O. The van der Waals surface area contributed by atoms with Gasteiger partial charge in [0.15, 0.2) is 0 Å². The number of aromatic nitrogens is 2. The van der Waals surface area contributed by atoms with Crippen molar-refractivity contribution >= 4 is 46.5 Å². The molecule has 0 aliphatic heterocycles. The van der Waals surface area contributed by atoms with Gasteiger partial charge in [-0.1, -0.05) is 46.9 Å². The molecule has 1 N–H and O–H groups in total. The lowest BCUT2D eigenvalue weighted by Gasteiger charge is -2.10. The Bertz CT molecular complexity index is 921. The van der Waals surface area contributed by atoms with E-state index >= 15 is 0 Å². The molecule has 3 rings (SSSR count). The lowest BCUT2D eigenvalue weighted by Crippen LogP contribution is -2.15. The van der Waals surface area contributed by atoms with Gasteiger partial charge in [-0.2, -0.15) is 5.10 Å². The number of carbonyl (C=O) groups is 1. The van der Waals surface area contributed by atoms with Gasteiger partial charge in [0.05, 0.1) is 27.0 Å². The quantitative estimate of drug-likeness (QED) is 0.662. The Morgan fingerprint density at radius 1 is 1.08 bits per heavy atom. The van der Waals surface area contributed by atoms with Crippen LogP contribution in [0.2, 0.25) is 15.1 Å². The van der Waals surface area contributed by atoms with Gasteiger partial charge >= 0.3 is 0 Å². The fraction of sp³-hybridized carbons (Fsp3) is 0.0588. The largest absolute Gasteiger partial charge is 0.306 e. The van der Waals surface area contributed by atoms with Crippen LogP contribution in [0.25, 0.3) is 5.69 Å². The van der Waals surface area contributed by atoms with Crippen molar-refractivity contribution in [2.45, 2.75) is 6.92 Å². The summed E-state index contributed by atoms with van der Waals surface area (Å²) in [5.74, 6) is 0.140. The van der Waals surface area contributed by atoms with Gasteiger partial charge in [-0.25, -0.2) is 4.68 Å². The van der Waals surface area contributed by atoms with Gasteiger partial charge in [0, 0.05) is 11.1 Å². The molecule has 1 aromatic heterocycles. The number of nitrogens with one attached hydrogen (secondary N) is 1. The molecule has 1 heterocycles. The summed E-state index contributed by atoms with van der Waals surface area (Å²) in [6.07, 6.45) is 0. The van der Waals surface area contributed by atoms with Crippen molar-refractivity contribution in [3.8, 4) is 5.69 Å². The number of aryl methyl sites for hydroxylation is 1. The third-order valence-electron chi connectivity index (χ3n) is 3.32. The predicted octanol–water partition coefficient (Wildman–Crippen LogP) is 5.39. The van der Waals surface area contributed by atoms with Crippen LogP contribution >= 0.6 is 34.8 Å². The van der Waals surface area contributed by atoms with E-state index in [0.29, 0.717) is 21.4 Å². The SMILES string of the molecule is Cc1cc(NC(=O)c2cccc(Cl)c2Cl)n(-c2cccc(Cl)c2)n1. The predicted molar refractivity (Wildman–Crippen MR) is 97.7 cm³/mol. The Balaban J connectivity index is 1.96. The van der Waals surface area contributed by atoms with Crippen LogP contribution in [-0.2, 0) is 0 Å². The molecule has 0 radical (unpaired) electrons. The van der Waals surface area contributed by atoms with Crippen LogP contribution < -0.4 is 5.32 Å². The lowest BCUT2D eigenvalue weighted by atomic mass is 10.2. The fourth-order valence-electron chi connectivity index (χ4n) is 2.26. The maximum atomic E-state index is 12.5. The topological polar surface area (TPSA) is 46.9 Å². The van der Waals surface area contributed by atoms with E-state index in [1.165, 1.54) is 0 Å². The molecule has 0 unspecified atom stereocenters. The first-order valence-electron chi connectivity index (χ1n) is 7.03. The van der Waals surface area contributed by atoms with Gasteiger partial charge in [0.25, 0.3) is 5.91 Å². The molecule has 2 aromatic carbocycles. The average Bonchev–Trinajstić information content (AvgIpc) is 2.90. The van der Waals surface area contributed by atoms with Crippen LogP contribution in [0.3, 0.4) is 0 Å². The monoisotopic (exact) mass is 379 g/mol. The molecular weight excluding hydrogens is 369 g/mol. The minimum Gasteiger partial charge on any atom is -0.306 e. The lowest BCUT2D eigenvalue weighted by molar-refractivity contribution is 0.102. The van der Waals surface area contributed by atoms with Crippen molar-refractivity contribution in [2.24, 2.45) is 0 Å². The van der Waals surface area contributed by atoms with Crippen LogP contribution in [0.15, 0.2) is 48.5 Å². The number of anilines is 1. The maximum absolute atomic E-state index is 12.5. The molecule has 0 saturated carbocycles. The van der Waals surface area contributed by atoms with Gasteiger partial charge in [-0.15, -0.1) is 0 Å². The number of carbonyl (C=O) groups excluding carboxylic acids is 1. The molecule has 0 aliphatic rings. The smallest absolute Gasteiger partial charge is 0.258 e. The standard InChI is InChI=1S/C17H12Cl3N3O/c1-10-8-15(23(22-10)12-5-2-4-11(18)9-12)21-17(24)13-6-3-7-14(19)16(13)20/h2-9H,1H3,(H,21,24). The van der Waals surface area contributed by atoms with Crippen LogP contribution in [0.5, 0.6) is 0 Å². The van der Waals surface area contributed by atoms with Crippen molar-refractivity contribution < 1.29 is 4.79 Å². The van der Waals surface area contributed by atoms with E-state index in [0.717, 1.165) is 11.4 Å². The van der Waals surface area contributed by atoms with Crippen LogP contribution in [0, 0.1) is 6.92 Å². The molecule has 3 aromatic rings. The highest BCUT2D eigenvalue weighted by Gasteiger charge is 2.16. The van der Waals surface area contributed by atoms with Gasteiger partial charge in [-0.05, 0) is 37.3 Å². The molecule has 0 saturated heterocycles. The third-order valence-corrected chi connectivity index (χ3v) is 4.38. The highest BCUT2D eigenvalue weighted by Crippen LogP contribution is 2.27. The highest BCUT2D eigenvalue weighted by molar-refractivity contribution is 6.44. The van der Waals surface area contributed by atoms with Gasteiger partial charge < -0.3 is 5.32 Å². The minimum atomic E-state index is -0.370. The molecule has 0 aliphatic carbocycles. The summed E-state index contributed by atoms with van der Waals surface area (Å²) in [5, 5.41) is 8.31. The number of rotatable bonds is 3. The van der Waals surface area contributed by atoms with E-state index in [-0.39, 0.29) is 10.9 Å². The molecule has 1 amide bonds. The molecule has 7 heteroatoms. The van der Waals surface area contributed by atoms with Gasteiger partial charge in [0.1, 0.15) is 5.82 Å². The van der Waals surface area contributed by atoms with Crippen LogP contribution in [-0.4, -0.2) is 15.7 Å². The molecule has 0 spiro atoms. The van der Waals surface area contributed by atoms with Crippen molar-refractivity contribution in [1.82, 2.24) is 9.78 Å². The van der Waals surface area contributed by atoms with Gasteiger partial charge in [0.2, 0.25) is 0 Å². The van der Waals surface area contributed by atoms with Gasteiger partial charge in [-0.3, -0.25) is 4.79 Å². The zero-order chi connectivity index (χ0) is 17.3. The first-order chi connectivity index (χ1) is 11.5. The number of hydrogen-bond acceptors (Lipinski definition) is 2. The van der Waals surface area contributed by atoms with E-state index in [9.17, 15) is 4.79 Å². The summed E-state index contributed by atoms with van der Waals surface area (Å²) in [5.41, 5.74) is 1.78. The zero-order valence-electron chi connectivity index (χ0n) is 12.6. The molecule has 24 heavy (non-hydrogen) atoms. The number of benzene rings is 2. The van der Waals surface area contributed by atoms with E-state index in [4.69, 9.17) is 34.8 Å². The zero-order valence-corrected chi connectivity index (χ0v) is 14.8. The number of halogens is 3. The first-order valence-corrected chi connectivity index (χ1v) is 8.17. The molecule has 0 fully saturated rings. The van der Waals surface area contributed by atoms with E-state index in [1.807, 2.05) is 19.1 Å². The van der Waals surface area contributed by atoms with Crippen molar-refractivity contribution in [1.29, 1.82) is 0 Å². The number of hydrogen-bond donors (Lipinski definition) is 1. The Morgan fingerprint density at radius 3 is 2.58 bits per heavy atom. The summed E-state index contributed by atoms with van der Waals surface area (Å²) >= 11 is 18.1. The first kappa shape index (κ1) is 16.8. The van der Waals surface area contributed by atoms with Crippen molar-refractivity contribution in [3.05, 3.63) is 74.9 Å². The molecule has 0 atom stereocenters. The molecule has 0 bridgehead atoms. The van der Waals surface area contributed by atoms with Crippen molar-refractivity contribution in [2.75, 3.05) is 5.32 Å². The Morgan fingerprint density at radius 2 is 1.83 bits per heavy atom. The Labute approximate surface area is 154 Å². The molecule has 4 nitrogen and oxygen atoms in total. The normalized spacial score (nSPS) is 10.7. The van der Waals surface area contributed by atoms with Crippen LogP contribution in [0.1, 0.15) is 16.1 Å². The second-order valence-corrected chi connectivity index (χ2v) is 6.34. The van der Waals surface area contributed by atoms with Crippen molar-refractivity contribution in [3.63, 3.8) is 0 Å².